The standard InChI is InChI=1S/C14H16O3/c1-16-12-9-5-6-10-13(12)17-14(15)11-7-3-2-4-8-11/h2-4,7-9,13H,5-6,10H2,1H3. The Morgan fingerprint density at radius 3 is 2.76 bits per heavy atom. The predicted molar refractivity (Wildman–Crippen MR) is 64.6 cm³/mol. The first-order valence-corrected chi connectivity index (χ1v) is 5.81. The smallest absolute Gasteiger partial charge is 0.338 e. The molecule has 0 heterocycles. The van der Waals surface area contributed by atoms with Gasteiger partial charge in [0, 0.05) is 0 Å². The first kappa shape index (κ1) is 11.7. The van der Waals surface area contributed by atoms with Gasteiger partial charge < -0.3 is 9.47 Å². The molecule has 1 aromatic carbocycles. The number of esters is 1. The molecule has 1 atom stereocenters. The molecule has 0 bridgehead atoms. The number of methoxy groups -OCH3 is 1. The third kappa shape index (κ3) is 2.87. The topological polar surface area (TPSA) is 35.5 Å². The lowest BCUT2D eigenvalue weighted by atomic mass is 10.0. The van der Waals surface area contributed by atoms with Crippen molar-refractivity contribution in [3.63, 3.8) is 0 Å². The summed E-state index contributed by atoms with van der Waals surface area (Å²) < 4.78 is 10.7. The summed E-state index contributed by atoms with van der Waals surface area (Å²) in [4.78, 5) is 11.9. The van der Waals surface area contributed by atoms with Crippen molar-refractivity contribution in [2.75, 3.05) is 7.11 Å². The quantitative estimate of drug-likeness (QED) is 0.752. The number of rotatable bonds is 3. The van der Waals surface area contributed by atoms with Gasteiger partial charge in [0.2, 0.25) is 0 Å². The van der Waals surface area contributed by atoms with E-state index in [0.29, 0.717) is 5.56 Å². The Bertz CT molecular complexity index is 409. The molecule has 0 aromatic heterocycles. The summed E-state index contributed by atoms with van der Waals surface area (Å²) in [6.07, 6.45) is 4.61. The van der Waals surface area contributed by atoms with E-state index >= 15 is 0 Å². The summed E-state index contributed by atoms with van der Waals surface area (Å²) >= 11 is 0. The summed E-state index contributed by atoms with van der Waals surface area (Å²) in [6, 6.07) is 9.02. The first-order valence-electron chi connectivity index (χ1n) is 5.81. The molecule has 1 aliphatic carbocycles. The molecule has 0 N–H and O–H groups in total. The van der Waals surface area contributed by atoms with Crippen LogP contribution in [0.2, 0.25) is 0 Å². The second kappa shape index (κ2) is 5.53. The maximum atomic E-state index is 11.9. The molecular weight excluding hydrogens is 216 g/mol. The highest BCUT2D eigenvalue weighted by atomic mass is 16.6. The number of carbonyl (C=O) groups excluding carboxylic acids is 1. The second-order valence-corrected chi connectivity index (χ2v) is 4.00. The molecule has 17 heavy (non-hydrogen) atoms. The normalized spacial score (nSPS) is 19.4. The number of benzene rings is 1. The van der Waals surface area contributed by atoms with Crippen LogP contribution in [0.1, 0.15) is 29.6 Å². The molecule has 3 nitrogen and oxygen atoms in total. The largest absolute Gasteiger partial charge is 0.497 e. The number of carbonyl (C=O) groups is 1. The minimum atomic E-state index is -0.291. The molecule has 1 aromatic rings. The highest BCUT2D eigenvalue weighted by molar-refractivity contribution is 5.89. The van der Waals surface area contributed by atoms with Gasteiger partial charge in [-0.15, -0.1) is 0 Å². The third-order valence-electron chi connectivity index (χ3n) is 2.83. The van der Waals surface area contributed by atoms with E-state index in [-0.39, 0.29) is 12.1 Å². The molecule has 0 fully saturated rings. The molecule has 0 radical (unpaired) electrons. The predicted octanol–water partition coefficient (Wildman–Crippen LogP) is 2.93. The van der Waals surface area contributed by atoms with Gasteiger partial charge in [-0.3, -0.25) is 0 Å². The third-order valence-corrected chi connectivity index (χ3v) is 2.83. The fourth-order valence-electron chi connectivity index (χ4n) is 1.92. The number of hydrogen-bond donors (Lipinski definition) is 0. The number of allylic oxidation sites excluding steroid dienone is 1. The van der Waals surface area contributed by atoms with Crippen molar-refractivity contribution in [1.82, 2.24) is 0 Å². The minimum absolute atomic E-state index is 0.235. The van der Waals surface area contributed by atoms with E-state index in [9.17, 15) is 4.79 Å². The van der Waals surface area contributed by atoms with Crippen molar-refractivity contribution in [3.8, 4) is 0 Å². The fourth-order valence-corrected chi connectivity index (χ4v) is 1.92. The van der Waals surface area contributed by atoms with Crippen LogP contribution in [-0.4, -0.2) is 19.2 Å². The van der Waals surface area contributed by atoms with Crippen LogP contribution >= 0.6 is 0 Å². The first-order chi connectivity index (χ1) is 8.31. The van der Waals surface area contributed by atoms with Crippen LogP contribution in [0.3, 0.4) is 0 Å². The van der Waals surface area contributed by atoms with E-state index in [2.05, 4.69) is 0 Å². The maximum absolute atomic E-state index is 11.9. The van der Waals surface area contributed by atoms with Gasteiger partial charge in [-0.1, -0.05) is 18.2 Å². The Morgan fingerprint density at radius 1 is 1.29 bits per heavy atom. The average molecular weight is 232 g/mol. The molecule has 0 aliphatic heterocycles. The summed E-state index contributed by atoms with van der Waals surface area (Å²) in [7, 11) is 1.61. The highest BCUT2D eigenvalue weighted by Crippen LogP contribution is 2.22. The molecule has 0 saturated heterocycles. The lowest BCUT2D eigenvalue weighted by molar-refractivity contribution is 0.0213. The SMILES string of the molecule is COC1=CCCCC1OC(=O)c1ccccc1. The van der Waals surface area contributed by atoms with Crippen molar-refractivity contribution < 1.29 is 14.3 Å². The van der Waals surface area contributed by atoms with Crippen molar-refractivity contribution in [1.29, 1.82) is 0 Å². The average Bonchev–Trinajstić information content (AvgIpc) is 2.40. The fraction of sp³-hybridized carbons (Fsp3) is 0.357. The van der Waals surface area contributed by atoms with Crippen molar-refractivity contribution in [2.24, 2.45) is 0 Å². The lowest BCUT2D eigenvalue weighted by Gasteiger charge is -2.23. The van der Waals surface area contributed by atoms with Gasteiger partial charge in [0.25, 0.3) is 0 Å². The zero-order chi connectivity index (χ0) is 12.1. The summed E-state index contributed by atoms with van der Waals surface area (Å²) in [5.41, 5.74) is 0.577. The van der Waals surface area contributed by atoms with Crippen molar-refractivity contribution in [3.05, 3.63) is 47.7 Å². The van der Waals surface area contributed by atoms with Crippen LogP contribution in [0, 0.1) is 0 Å². The van der Waals surface area contributed by atoms with Crippen LogP contribution < -0.4 is 0 Å². The van der Waals surface area contributed by atoms with Gasteiger partial charge in [0.15, 0.2) is 6.10 Å². The Balaban J connectivity index is 2.04. The number of hydrogen-bond acceptors (Lipinski definition) is 3. The van der Waals surface area contributed by atoms with E-state index in [0.717, 1.165) is 25.0 Å². The van der Waals surface area contributed by atoms with E-state index < -0.39 is 0 Å². The molecule has 2 rings (SSSR count). The van der Waals surface area contributed by atoms with Crippen LogP contribution in [0.25, 0.3) is 0 Å². The summed E-state index contributed by atoms with van der Waals surface area (Å²) in [5.74, 6) is 0.473. The summed E-state index contributed by atoms with van der Waals surface area (Å²) in [5, 5.41) is 0. The van der Waals surface area contributed by atoms with Crippen molar-refractivity contribution >= 4 is 5.97 Å². The van der Waals surface area contributed by atoms with E-state index in [4.69, 9.17) is 9.47 Å². The molecule has 1 unspecified atom stereocenters. The molecule has 90 valence electrons. The van der Waals surface area contributed by atoms with Gasteiger partial charge in [0.1, 0.15) is 5.76 Å². The maximum Gasteiger partial charge on any atom is 0.338 e. The minimum Gasteiger partial charge on any atom is -0.497 e. The zero-order valence-electron chi connectivity index (χ0n) is 9.89. The zero-order valence-corrected chi connectivity index (χ0v) is 9.89. The molecule has 0 amide bonds. The Morgan fingerprint density at radius 2 is 2.06 bits per heavy atom. The number of ether oxygens (including phenoxy) is 2. The van der Waals surface area contributed by atoms with Crippen LogP contribution in [0.15, 0.2) is 42.2 Å². The molecule has 1 aliphatic rings. The van der Waals surface area contributed by atoms with Crippen LogP contribution in [0.5, 0.6) is 0 Å². The monoisotopic (exact) mass is 232 g/mol. The molecular formula is C14H16O3. The van der Waals surface area contributed by atoms with E-state index in [1.807, 2.05) is 24.3 Å². The van der Waals surface area contributed by atoms with Crippen LogP contribution in [0.4, 0.5) is 0 Å². The van der Waals surface area contributed by atoms with Crippen LogP contribution in [-0.2, 0) is 9.47 Å². The Labute approximate surface area is 101 Å². The molecule has 0 spiro atoms. The van der Waals surface area contributed by atoms with Gasteiger partial charge in [-0.25, -0.2) is 4.79 Å². The van der Waals surface area contributed by atoms with Gasteiger partial charge >= 0.3 is 5.97 Å². The van der Waals surface area contributed by atoms with E-state index in [1.165, 1.54) is 0 Å². The summed E-state index contributed by atoms with van der Waals surface area (Å²) in [6.45, 7) is 0. The van der Waals surface area contributed by atoms with E-state index in [1.54, 1.807) is 19.2 Å². The lowest BCUT2D eigenvalue weighted by Crippen LogP contribution is -2.23. The van der Waals surface area contributed by atoms with Gasteiger partial charge in [-0.05, 0) is 37.5 Å². The Kier molecular flexibility index (Phi) is 3.81. The second-order valence-electron chi connectivity index (χ2n) is 4.00. The van der Waals surface area contributed by atoms with Gasteiger partial charge in [-0.2, -0.15) is 0 Å². The Hall–Kier alpha value is -1.77. The molecule has 3 heteroatoms. The highest BCUT2D eigenvalue weighted by Gasteiger charge is 2.23. The molecule has 0 saturated carbocycles. The van der Waals surface area contributed by atoms with Gasteiger partial charge in [0.05, 0.1) is 12.7 Å². The van der Waals surface area contributed by atoms with Crippen molar-refractivity contribution in [2.45, 2.75) is 25.4 Å².